The summed E-state index contributed by atoms with van der Waals surface area (Å²) in [5.41, 5.74) is -0.0442. The zero-order valence-electron chi connectivity index (χ0n) is 12.5. The van der Waals surface area contributed by atoms with Crippen molar-refractivity contribution in [2.45, 2.75) is 45.1 Å². The van der Waals surface area contributed by atoms with Crippen LogP contribution in [0, 0.1) is 0 Å². The van der Waals surface area contributed by atoms with E-state index in [1.165, 1.54) is 11.3 Å². The lowest BCUT2D eigenvalue weighted by molar-refractivity contribution is 0.0521. The van der Waals surface area contributed by atoms with E-state index in [0.717, 1.165) is 30.9 Å². The standard InChI is InChI=1S/C13H22N4O2S/c1-13(2,3)10-15-16-11(20-10)14-12(18)17-7-5-9(19-4)6-8-17/h9H,5-8H2,1-4H3,(H,14,16,18). The van der Waals surface area contributed by atoms with Crippen molar-refractivity contribution in [1.82, 2.24) is 15.1 Å². The van der Waals surface area contributed by atoms with Gasteiger partial charge in [-0.25, -0.2) is 4.79 Å². The number of carbonyl (C=O) groups is 1. The number of amides is 2. The highest BCUT2D eigenvalue weighted by molar-refractivity contribution is 7.15. The number of hydrogen-bond donors (Lipinski definition) is 1. The molecule has 1 aliphatic heterocycles. The molecule has 6 nitrogen and oxygen atoms in total. The number of nitrogens with zero attached hydrogens (tertiary/aromatic N) is 3. The van der Waals surface area contributed by atoms with Crippen molar-refractivity contribution < 1.29 is 9.53 Å². The summed E-state index contributed by atoms with van der Waals surface area (Å²) < 4.78 is 5.30. The molecule has 112 valence electrons. The molecule has 1 fully saturated rings. The Morgan fingerprint density at radius 2 is 2.00 bits per heavy atom. The lowest BCUT2D eigenvalue weighted by atomic mass is 9.98. The van der Waals surface area contributed by atoms with E-state index in [-0.39, 0.29) is 17.6 Å². The Balaban J connectivity index is 1.90. The summed E-state index contributed by atoms with van der Waals surface area (Å²) >= 11 is 1.43. The Labute approximate surface area is 123 Å². The minimum Gasteiger partial charge on any atom is -0.381 e. The molecule has 7 heteroatoms. The third kappa shape index (κ3) is 3.67. The van der Waals surface area contributed by atoms with Gasteiger partial charge in [-0.1, -0.05) is 32.1 Å². The molecular weight excluding hydrogens is 276 g/mol. The van der Waals surface area contributed by atoms with Gasteiger partial charge in [-0.3, -0.25) is 5.32 Å². The van der Waals surface area contributed by atoms with E-state index >= 15 is 0 Å². The zero-order chi connectivity index (χ0) is 14.8. The molecule has 0 aromatic carbocycles. The van der Waals surface area contributed by atoms with Gasteiger partial charge in [-0.05, 0) is 12.8 Å². The Morgan fingerprint density at radius 1 is 1.35 bits per heavy atom. The van der Waals surface area contributed by atoms with Gasteiger partial charge in [0.15, 0.2) is 0 Å². The maximum Gasteiger partial charge on any atom is 0.323 e. The number of rotatable bonds is 2. The molecule has 1 aromatic rings. The molecule has 2 rings (SSSR count). The molecule has 0 atom stereocenters. The molecule has 20 heavy (non-hydrogen) atoms. The minimum absolute atomic E-state index is 0.0442. The monoisotopic (exact) mass is 298 g/mol. The highest BCUT2D eigenvalue weighted by Gasteiger charge is 2.24. The van der Waals surface area contributed by atoms with Crippen LogP contribution in [0.5, 0.6) is 0 Å². The molecule has 0 spiro atoms. The van der Waals surface area contributed by atoms with Gasteiger partial charge in [-0.2, -0.15) is 0 Å². The van der Waals surface area contributed by atoms with Crippen LogP contribution in [0.15, 0.2) is 0 Å². The molecular formula is C13H22N4O2S. The Kier molecular flexibility index (Phi) is 4.59. The Morgan fingerprint density at radius 3 is 2.50 bits per heavy atom. The first-order valence-electron chi connectivity index (χ1n) is 6.83. The predicted molar refractivity (Wildman–Crippen MR) is 79.2 cm³/mol. The number of carbonyl (C=O) groups excluding carboxylic acids is 1. The highest BCUT2D eigenvalue weighted by atomic mass is 32.1. The number of ether oxygens (including phenoxy) is 1. The second-order valence-corrected chi connectivity index (χ2v) is 6.99. The molecule has 2 heterocycles. The van der Waals surface area contributed by atoms with Crippen LogP contribution in [0.2, 0.25) is 0 Å². The summed E-state index contributed by atoms with van der Waals surface area (Å²) in [6, 6.07) is -0.101. The Bertz CT molecular complexity index is 461. The van der Waals surface area contributed by atoms with Crippen molar-refractivity contribution in [2.24, 2.45) is 0 Å². The average Bonchev–Trinajstić information content (AvgIpc) is 2.87. The van der Waals surface area contributed by atoms with E-state index in [9.17, 15) is 4.79 Å². The lowest BCUT2D eigenvalue weighted by Crippen LogP contribution is -2.42. The number of hydrogen-bond acceptors (Lipinski definition) is 5. The third-order valence-electron chi connectivity index (χ3n) is 3.34. The van der Waals surface area contributed by atoms with Gasteiger partial charge in [0.25, 0.3) is 0 Å². The van der Waals surface area contributed by atoms with E-state index < -0.39 is 0 Å². The maximum atomic E-state index is 12.1. The van der Waals surface area contributed by atoms with Crippen molar-refractivity contribution in [3.63, 3.8) is 0 Å². The molecule has 0 saturated carbocycles. The van der Waals surface area contributed by atoms with Crippen LogP contribution >= 0.6 is 11.3 Å². The van der Waals surface area contributed by atoms with E-state index in [1.807, 2.05) is 0 Å². The second-order valence-electron chi connectivity index (χ2n) is 6.01. The molecule has 0 radical (unpaired) electrons. The van der Waals surface area contributed by atoms with Gasteiger partial charge >= 0.3 is 6.03 Å². The maximum absolute atomic E-state index is 12.1. The van der Waals surface area contributed by atoms with Crippen LogP contribution in [0.25, 0.3) is 0 Å². The summed E-state index contributed by atoms with van der Waals surface area (Å²) in [6.07, 6.45) is 2.04. The smallest absolute Gasteiger partial charge is 0.323 e. The van der Waals surface area contributed by atoms with E-state index in [0.29, 0.717) is 5.13 Å². The van der Waals surface area contributed by atoms with Crippen LogP contribution in [0.3, 0.4) is 0 Å². The normalized spacial score (nSPS) is 17.3. The van der Waals surface area contributed by atoms with Crippen molar-refractivity contribution >= 4 is 22.5 Å². The molecule has 1 N–H and O–H groups in total. The van der Waals surface area contributed by atoms with Crippen LogP contribution in [0.4, 0.5) is 9.93 Å². The van der Waals surface area contributed by atoms with Crippen molar-refractivity contribution in [3.05, 3.63) is 5.01 Å². The van der Waals surface area contributed by atoms with Gasteiger partial charge in [0.1, 0.15) is 5.01 Å². The number of methoxy groups -OCH3 is 1. The quantitative estimate of drug-likeness (QED) is 0.911. The minimum atomic E-state index is -0.101. The summed E-state index contributed by atoms with van der Waals surface area (Å²) in [4.78, 5) is 13.9. The molecule has 0 bridgehead atoms. The van der Waals surface area contributed by atoms with Crippen LogP contribution in [-0.2, 0) is 10.2 Å². The summed E-state index contributed by atoms with van der Waals surface area (Å²) in [6.45, 7) is 7.67. The first-order chi connectivity index (χ1) is 9.40. The summed E-state index contributed by atoms with van der Waals surface area (Å²) in [5.74, 6) is 0. The van der Waals surface area contributed by atoms with Gasteiger partial charge in [-0.15, -0.1) is 10.2 Å². The number of likely N-dealkylation sites (tertiary alicyclic amines) is 1. The molecule has 1 saturated heterocycles. The van der Waals surface area contributed by atoms with Crippen LogP contribution < -0.4 is 5.32 Å². The van der Waals surface area contributed by atoms with Crippen LogP contribution in [0.1, 0.15) is 38.6 Å². The summed E-state index contributed by atoms with van der Waals surface area (Å²) in [5, 5.41) is 12.5. The molecule has 2 amide bonds. The average molecular weight is 298 g/mol. The SMILES string of the molecule is COC1CCN(C(=O)Nc2nnc(C(C)(C)C)s2)CC1. The lowest BCUT2D eigenvalue weighted by Gasteiger charge is -2.30. The fourth-order valence-electron chi connectivity index (χ4n) is 2.04. The number of aromatic nitrogens is 2. The van der Waals surface area contributed by atoms with E-state index in [4.69, 9.17) is 4.74 Å². The van der Waals surface area contributed by atoms with Crippen molar-refractivity contribution in [2.75, 3.05) is 25.5 Å². The first kappa shape index (κ1) is 15.2. The number of nitrogens with one attached hydrogen (secondary N) is 1. The largest absolute Gasteiger partial charge is 0.381 e. The van der Waals surface area contributed by atoms with Gasteiger partial charge < -0.3 is 9.64 Å². The number of urea groups is 1. The van der Waals surface area contributed by atoms with Gasteiger partial charge in [0.05, 0.1) is 6.10 Å². The van der Waals surface area contributed by atoms with E-state index in [1.54, 1.807) is 12.0 Å². The molecule has 0 unspecified atom stereocenters. The molecule has 1 aliphatic rings. The zero-order valence-corrected chi connectivity index (χ0v) is 13.3. The topological polar surface area (TPSA) is 67.3 Å². The van der Waals surface area contributed by atoms with Gasteiger partial charge in [0, 0.05) is 25.6 Å². The summed E-state index contributed by atoms with van der Waals surface area (Å²) in [7, 11) is 1.72. The van der Waals surface area contributed by atoms with Crippen molar-refractivity contribution in [3.8, 4) is 0 Å². The first-order valence-corrected chi connectivity index (χ1v) is 7.64. The van der Waals surface area contributed by atoms with Crippen LogP contribution in [-0.4, -0.2) is 47.4 Å². The Hall–Kier alpha value is -1.21. The highest BCUT2D eigenvalue weighted by Crippen LogP contribution is 2.27. The van der Waals surface area contributed by atoms with E-state index in [2.05, 4.69) is 36.3 Å². The number of piperidine rings is 1. The molecule has 1 aromatic heterocycles. The van der Waals surface area contributed by atoms with Crippen molar-refractivity contribution in [1.29, 1.82) is 0 Å². The fraction of sp³-hybridized carbons (Fsp3) is 0.769. The predicted octanol–water partition coefficient (Wildman–Crippen LogP) is 2.48. The third-order valence-corrected chi connectivity index (χ3v) is 4.61. The second kappa shape index (κ2) is 6.05. The molecule has 0 aliphatic carbocycles. The number of anilines is 1. The fourth-order valence-corrected chi connectivity index (χ4v) is 2.83. The van der Waals surface area contributed by atoms with Gasteiger partial charge in [0.2, 0.25) is 5.13 Å².